The molecule has 0 aliphatic carbocycles. The van der Waals surface area contributed by atoms with Gasteiger partial charge in [0.15, 0.2) is 0 Å². The molecule has 0 bridgehead atoms. The van der Waals surface area contributed by atoms with Gasteiger partial charge >= 0.3 is 0 Å². The summed E-state index contributed by atoms with van der Waals surface area (Å²) in [5, 5.41) is 3.38. The molecule has 5 heteroatoms. The van der Waals surface area contributed by atoms with Crippen LogP contribution in [0.5, 0.6) is 0 Å². The van der Waals surface area contributed by atoms with E-state index >= 15 is 0 Å². The molecule has 1 aromatic heterocycles. The number of hydrogen-bond acceptors (Lipinski definition) is 5. The van der Waals surface area contributed by atoms with Crippen molar-refractivity contribution in [3.05, 3.63) is 54.1 Å². The Labute approximate surface area is 125 Å². The second-order valence-corrected chi connectivity index (χ2v) is 5.19. The van der Waals surface area contributed by atoms with Crippen molar-refractivity contribution in [2.75, 3.05) is 31.6 Å². The summed E-state index contributed by atoms with van der Waals surface area (Å²) in [6.45, 7) is 5.47. The number of morpholine rings is 1. The number of aromatic nitrogens is 2. The molecule has 1 N–H and O–H groups in total. The quantitative estimate of drug-likeness (QED) is 0.909. The van der Waals surface area contributed by atoms with Gasteiger partial charge in [0.05, 0.1) is 13.2 Å². The fourth-order valence-electron chi connectivity index (χ4n) is 2.37. The van der Waals surface area contributed by atoms with E-state index in [0.29, 0.717) is 0 Å². The van der Waals surface area contributed by atoms with Gasteiger partial charge in [0.2, 0.25) is 0 Å². The predicted octanol–water partition coefficient (Wildman–Crippen LogP) is 1.92. The molecule has 0 amide bonds. The van der Waals surface area contributed by atoms with Crippen LogP contribution in [0.4, 0.5) is 5.69 Å². The van der Waals surface area contributed by atoms with Crippen molar-refractivity contribution in [1.29, 1.82) is 0 Å². The highest BCUT2D eigenvalue weighted by molar-refractivity contribution is 5.44. The summed E-state index contributed by atoms with van der Waals surface area (Å²) in [5.74, 6) is 0. The van der Waals surface area contributed by atoms with Crippen molar-refractivity contribution in [3.8, 4) is 0 Å². The van der Waals surface area contributed by atoms with Crippen molar-refractivity contribution in [2.45, 2.75) is 13.1 Å². The Morgan fingerprint density at radius 3 is 2.43 bits per heavy atom. The second-order valence-electron chi connectivity index (χ2n) is 5.19. The van der Waals surface area contributed by atoms with Gasteiger partial charge in [0.25, 0.3) is 0 Å². The molecule has 1 aromatic carbocycles. The number of ether oxygens (including phenoxy) is 1. The Hall–Kier alpha value is -1.98. The monoisotopic (exact) mass is 284 g/mol. The SMILES string of the molecule is c1ncc(CNc2ccc(CN3CCOCC3)cc2)cn1. The van der Waals surface area contributed by atoms with Gasteiger partial charge in [-0.05, 0) is 17.7 Å². The molecule has 0 saturated carbocycles. The van der Waals surface area contributed by atoms with E-state index in [0.717, 1.165) is 50.6 Å². The van der Waals surface area contributed by atoms with E-state index in [9.17, 15) is 0 Å². The lowest BCUT2D eigenvalue weighted by Gasteiger charge is -2.26. The van der Waals surface area contributed by atoms with Crippen LogP contribution < -0.4 is 5.32 Å². The molecule has 2 heterocycles. The fraction of sp³-hybridized carbons (Fsp3) is 0.375. The Bertz CT molecular complexity index is 538. The average Bonchev–Trinajstić information content (AvgIpc) is 2.56. The molecule has 1 fully saturated rings. The van der Waals surface area contributed by atoms with Gasteiger partial charge < -0.3 is 10.1 Å². The van der Waals surface area contributed by atoms with Crippen molar-refractivity contribution in [2.24, 2.45) is 0 Å². The fourth-order valence-corrected chi connectivity index (χ4v) is 2.37. The summed E-state index contributed by atoms with van der Waals surface area (Å²) in [5.41, 5.74) is 3.53. The molecule has 0 unspecified atom stereocenters. The van der Waals surface area contributed by atoms with Gasteiger partial charge in [-0.1, -0.05) is 12.1 Å². The molecule has 2 aromatic rings. The lowest BCUT2D eigenvalue weighted by Crippen LogP contribution is -2.35. The second kappa shape index (κ2) is 7.15. The van der Waals surface area contributed by atoms with Gasteiger partial charge in [-0.15, -0.1) is 0 Å². The van der Waals surface area contributed by atoms with Gasteiger partial charge in [0, 0.05) is 49.8 Å². The number of benzene rings is 1. The first kappa shape index (κ1) is 14.0. The van der Waals surface area contributed by atoms with Crippen molar-refractivity contribution in [3.63, 3.8) is 0 Å². The van der Waals surface area contributed by atoms with Gasteiger partial charge in [0.1, 0.15) is 6.33 Å². The Morgan fingerprint density at radius 1 is 1.00 bits per heavy atom. The van der Waals surface area contributed by atoms with Crippen molar-refractivity contribution < 1.29 is 4.74 Å². The standard InChI is InChI=1S/C16H20N4O/c1-3-16(19-11-15-9-17-13-18-10-15)4-2-14(1)12-20-5-7-21-8-6-20/h1-4,9-10,13,19H,5-8,11-12H2. The molecule has 0 atom stereocenters. The van der Waals surface area contributed by atoms with E-state index in [4.69, 9.17) is 4.74 Å². The largest absolute Gasteiger partial charge is 0.381 e. The third kappa shape index (κ3) is 4.24. The first-order valence-corrected chi connectivity index (χ1v) is 7.27. The highest BCUT2D eigenvalue weighted by Gasteiger charge is 2.10. The Balaban J connectivity index is 1.51. The Morgan fingerprint density at radius 2 is 1.71 bits per heavy atom. The van der Waals surface area contributed by atoms with Crippen LogP contribution in [0.15, 0.2) is 43.0 Å². The lowest BCUT2D eigenvalue weighted by atomic mass is 10.2. The lowest BCUT2D eigenvalue weighted by molar-refractivity contribution is 0.0342. The molecule has 110 valence electrons. The first-order valence-electron chi connectivity index (χ1n) is 7.27. The van der Waals surface area contributed by atoms with Crippen LogP contribution in [-0.2, 0) is 17.8 Å². The smallest absolute Gasteiger partial charge is 0.115 e. The third-order valence-corrected chi connectivity index (χ3v) is 3.57. The number of nitrogens with zero attached hydrogens (tertiary/aromatic N) is 3. The van der Waals surface area contributed by atoms with E-state index < -0.39 is 0 Å². The van der Waals surface area contributed by atoms with E-state index in [2.05, 4.69) is 44.5 Å². The van der Waals surface area contributed by atoms with E-state index in [1.807, 2.05) is 12.4 Å². The summed E-state index contributed by atoms with van der Waals surface area (Å²) in [4.78, 5) is 10.4. The molecular weight excluding hydrogens is 264 g/mol. The van der Waals surface area contributed by atoms with Gasteiger partial charge in [-0.2, -0.15) is 0 Å². The Kier molecular flexibility index (Phi) is 4.76. The van der Waals surface area contributed by atoms with Crippen LogP contribution in [0.3, 0.4) is 0 Å². The van der Waals surface area contributed by atoms with Gasteiger partial charge in [-0.3, -0.25) is 4.90 Å². The molecule has 3 rings (SSSR count). The zero-order chi connectivity index (χ0) is 14.3. The number of nitrogens with one attached hydrogen (secondary N) is 1. The molecule has 1 saturated heterocycles. The molecule has 0 radical (unpaired) electrons. The summed E-state index contributed by atoms with van der Waals surface area (Å²) >= 11 is 0. The molecule has 0 spiro atoms. The summed E-state index contributed by atoms with van der Waals surface area (Å²) < 4.78 is 5.37. The van der Waals surface area contributed by atoms with Crippen molar-refractivity contribution in [1.82, 2.24) is 14.9 Å². The van der Waals surface area contributed by atoms with Crippen LogP contribution >= 0.6 is 0 Å². The maximum absolute atomic E-state index is 5.37. The van der Waals surface area contributed by atoms with Crippen LogP contribution in [0.2, 0.25) is 0 Å². The summed E-state index contributed by atoms with van der Waals surface area (Å²) in [6.07, 6.45) is 5.20. The minimum Gasteiger partial charge on any atom is -0.381 e. The van der Waals surface area contributed by atoms with Crippen LogP contribution in [0.1, 0.15) is 11.1 Å². The molecule has 1 aliphatic rings. The van der Waals surface area contributed by atoms with E-state index in [1.54, 1.807) is 6.33 Å². The normalized spacial score (nSPS) is 15.8. The summed E-state index contributed by atoms with van der Waals surface area (Å²) in [6, 6.07) is 8.61. The zero-order valence-corrected chi connectivity index (χ0v) is 12.0. The van der Waals surface area contributed by atoms with E-state index in [-0.39, 0.29) is 0 Å². The molecule has 5 nitrogen and oxygen atoms in total. The number of anilines is 1. The highest BCUT2D eigenvalue weighted by atomic mass is 16.5. The van der Waals surface area contributed by atoms with Gasteiger partial charge in [-0.25, -0.2) is 9.97 Å². The number of hydrogen-bond donors (Lipinski definition) is 1. The topological polar surface area (TPSA) is 50.3 Å². The maximum atomic E-state index is 5.37. The van der Waals surface area contributed by atoms with Crippen LogP contribution in [0, 0.1) is 0 Å². The predicted molar refractivity (Wildman–Crippen MR) is 81.9 cm³/mol. The third-order valence-electron chi connectivity index (χ3n) is 3.57. The zero-order valence-electron chi connectivity index (χ0n) is 12.0. The van der Waals surface area contributed by atoms with Crippen LogP contribution in [-0.4, -0.2) is 41.2 Å². The van der Waals surface area contributed by atoms with Crippen LogP contribution in [0.25, 0.3) is 0 Å². The number of rotatable bonds is 5. The highest BCUT2D eigenvalue weighted by Crippen LogP contribution is 2.13. The first-order chi connectivity index (χ1) is 10.4. The summed E-state index contributed by atoms with van der Waals surface area (Å²) in [7, 11) is 0. The maximum Gasteiger partial charge on any atom is 0.115 e. The van der Waals surface area contributed by atoms with E-state index in [1.165, 1.54) is 5.56 Å². The molecule has 1 aliphatic heterocycles. The molecular formula is C16H20N4O. The average molecular weight is 284 g/mol. The minimum atomic E-state index is 0.740. The minimum absolute atomic E-state index is 0.740. The van der Waals surface area contributed by atoms with Crippen molar-refractivity contribution >= 4 is 5.69 Å². The molecule has 21 heavy (non-hydrogen) atoms.